The van der Waals surface area contributed by atoms with E-state index in [1.807, 2.05) is 24.3 Å². The van der Waals surface area contributed by atoms with Crippen molar-refractivity contribution in [1.29, 1.82) is 0 Å². The van der Waals surface area contributed by atoms with Crippen LogP contribution in [0.5, 0.6) is 0 Å². The van der Waals surface area contributed by atoms with Crippen molar-refractivity contribution in [2.45, 2.75) is 20.8 Å². The first kappa shape index (κ1) is 33.9. The molecule has 0 aliphatic rings. The van der Waals surface area contributed by atoms with Crippen LogP contribution in [0.25, 0.3) is 88.9 Å². The summed E-state index contributed by atoms with van der Waals surface area (Å²) in [5.74, 6) is 0. The number of furan rings is 2. The van der Waals surface area contributed by atoms with Crippen molar-refractivity contribution < 1.29 is 18.0 Å². The van der Waals surface area contributed by atoms with E-state index < -0.39 is 0 Å². The van der Waals surface area contributed by atoms with Crippen molar-refractivity contribution in [3.63, 3.8) is 0 Å². The van der Waals surface area contributed by atoms with E-state index >= 15 is 0 Å². The largest absolute Gasteiger partial charge is 0.437 e. The second-order valence-corrected chi connectivity index (χ2v) is 14.2. The van der Waals surface area contributed by atoms with Gasteiger partial charge >= 0.3 is 0 Å². The monoisotopic (exact) mass is 716 g/mol. The summed E-state index contributed by atoms with van der Waals surface area (Å²) in [6.07, 6.45) is 7.92. The molecule has 0 fully saturated rings. The summed E-state index contributed by atoms with van der Waals surface area (Å²) in [6.45, 7) is 6.43. The van der Waals surface area contributed by atoms with Crippen LogP contribution in [0, 0.1) is 20.8 Å². The highest BCUT2D eigenvalue weighted by molar-refractivity contribution is 6.09. The van der Waals surface area contributed by atoms with E-state index in [1.165, 1.54) is 38.9 Å². The minimum Gasteiger partial charge on any atom is -0.437 e. The van der Waals surface area contributed by atoms with Gasteiger partial charge in [-0.25, -0.2) is 19.1 Å². The van der Waals surface area contributed by atoms with Crippen molar-refractivity contribution >= 4 is 44.1 Å². The first-order chi connectivity index (χ1) is 26.9. The average molecular weight is 717 g/mol. The van der Waals surface area contributed by atoms with Crippen molar-refractivity contribution in [3.8, 4) is 44.8 Å². The van der Waals surface area contributed by atoms with Gasteiger partial charge in [0.1, 0.15) is 14.1 Å². The zero-order valence-electron chi connectivity index (χ0n) is 31.5. The fourth-order valence-corrected chi connectivity index (χ4v) is 7.77. The Bertz CT molecular complexity index is 3040. The van der Waals surface area contributed by atoms with Gasteiger partial charge in [0.15, 0.2) is 23.6 Å². The molecule has 266 valence electrons. The molecule has 0 saturated heterocycles. The predicted octanol–water partition coefficient (Wildman–Crippen LogP) is 11.2. The molecule has 6 heterocycles. The molecule has 6 aromatic heterocycles. The fourth-order valence-electron chi connectivity index (χ4n) is 7.77. The molecule has 0 amide bonds. The number of rotatable bonds is 4. The third-order valence-electron chi connectivity index (χ3n) is 10.6. The molecule has 0 N–H and O–H groups in total. The second kappa shape index (κ2) is 13.8. The summed E-state index contributed by atoms with van der Waals surface area (Å²) in [5.41, 5.74) is 16.1. The van der Waals surface area contributed by atoms with E-state index in [0.29, 0.717) is 11.4 Å². The molecule has 0 radical (unpaired) electrons. The standard InChI is InChI=1S/C25H21N2O.C24H19N2O/c1-16-11-12-19-20-10-7-13-26-25(20)28-24(19)23(16)22-14-17(2)21(15-27(22)3)18-8-5-4-6-9-18;1-16-10-12-19-20-9-6-14-25-24(20)27-23(19)22(16)21-13-11-18(15-26(21)2)17-7-4-3-5-8-17/h4-15H,1-3H3;3-15H,1-2H3/q2*+1. The van der Waals surface area contributed by atoms with Crippen LogP contribution in [0.2, 0.25) is 0 Å². The summed E-state index contributed by atoms with van der Waals surface area (Å²) >= 11 is 0. The van der Waals surface area contributed by atoms with E-state index in [1.54, 1.807) is 12.4 Å². The molecule has 0 aliphatic carbocycles. The van der Waals surface area contributed by atoms with E-state index in [4.69, 9.17) is 8.83 Å². The first-order valence-electron chi connectivity index (χ1n) is 18.5. The van der Waals surface area contributed by atoms with E-state index in [0.717, 1.165) is 55.2 Å². The summed E-state index contributed by atoms with van der Waals surface area (Å²) in [7, 11) is 4.18. The minimum atomic E-state index is 0.683. The zero-order valence-corrected chi connectivity index (χ0v) is 31.5. The molecule has 0 saturated carbocycles. The molecule has 0 aliphatic heterocycles. The van der Waals surface area contributed by atoms with Gasteiger partial charge in [0.25, 0.3) is 0 Å². The van der Waals surface area contributed by atoms with Gasteiger partial charge in [-0.15, -0.1) is 0 Å². The van der Waals surface area contributed by atoms with Gasteiger partial charge in [0.05, 0.1) is 11.1 Å². The highest BCUT2D eigenvalue weighted by Gasteiger charge is 2.23. The molecule has 6 nitrogen and oxygen atoms in total. The Morgan fingerprint density at radius 3 is 1.53 bits per heavy atom. The molecule has 0 atom stereocenters. The van der Waals surface area contributed by atoms with Gasteiger partial charge in [-0.1, -0.05) is 84.9 Å². The molecule has 6 heteroatoms. The Labute approximate surface area is 319 Å². The molecular weight excluding hydrogens is 677 g/mol. The van der Waals surface area contributed by atoms with Crippen molar-refractivity contribution in [3.05, 3.63) is 169 Å². The fraction of sp³-hybridized carbons (Fsp3) is 0.102. The maximum atomic E-state index is 6.20. The van der Waals surface area contributed by atoms with Gasteiger partial charge < -0.3 is 8.83 Å². The van der Waals surface area contributed by atoms with Crippen LogP contribution in [0.15, 0.2) is 161 Å². The zero-order chi connectivity index (χ0) is 37.6. The lowest BCUT2D eigenvalue weighted by atomic mass is 9.97. The van der Waals surface area contributed by atoms with Crippen LogP contribution < -0.4 is 9.13 Å². The van der Waals surface area contributed by atoms with Gasteiger partial charge in [0.2, 0.25) is 22.8 Å². The highest BCUT2D eigenvalue weighted by atomic mass is 16.3. The number of nitrogens with zero attached hydrogens (tertiary/aromatic N) is 4. The Balaban J connectivity index is 0.000000144. The average Bonchev–Trinajstić information content (AvgIpc) is 3.78. The molecule has 0 bridgehead atoms. The first-order valence-corrected chi connectivity index (χ1v) is 18.5. The number of hydrogen-bond acceptors (Lipinski definition) is 4. The summed E-state index contributed by atoms with van der Waals surface area (Å²) in [5, 5.41) is 4.32. The maximum Gasteiger partial charge on any atom is 0.227 e. The molecule has 0 unspecified atom stereocenters. The van der Waals surface area contributed by atoms with Crippen LogP contribution in [-0.4, -0.2) is 9.97 Å². The summed E-state index contributed by atoms with van der Waals surface area (Å²) < 4.78 is 16.7. The Hall–Kier alpha value is -6.92. The lowest BCUT2D eigenvalue weighted by Gasteiger charge is -2.10. The van der Waals surface area contributed by atoms with Crippen LogP contribution in [0.3, 0.4) is 0 Å². The van der Waals surface area contributed by atoms with Gasteiger partial charge in [-0.3, -0.25) is 0 Å². The number of aromatic nitrogens is 4. The maximum absolute atomic E-state index is 6.20. The normalized spacial score (nSPS) is 11.4. The summed E-state index contributed by atoms with van der Waals surface area (Å²) in [6, 6.07) is 44.1. The smallest absolute Gasteiger partial charge is 0.227 e. The van der Waals surface area contributed by atoms with Gasteiger partial charge in [-0.2, -0.15) is 0 Å². The van der Waals surface area contributed by atoms with E-state index in [9.17, 15) is 0 Å². The Kier molecular flexibility index (Phi) is 8.51. The van der Waals surface area contributed by atoms with Gasteiger partial charge in [-0.05, 0) is 78.9 Å². The number of pyridine rings is 4. The Morgan fingerprint density at radius 1 is 0.436 bits per heavy atom. The number of hydrogen-bond donors (Lipinski definition) is 0. The molecule has 4 aromatic carbocycles. The minimum absolute atomic E-state index is 0.683. The van der Waals surface area contributed by atoms with Crippen molar-refractivity contribution in [2.24, 2.45) is 14.1 Å². The molecule has 10 aromatic rings. The molecule has 55 heavy (non-hydrogen) atoms. The van der Waals surface area contributed by atoms with Crippen LogP contribution in [-0.2, 0) is 14.1 Å². The number of fused-ring (bicyclic) bond motifs is 6. The summed E-state index contributed by atoms with van der Waals surface area (Å²) in [4.78, 5) is 8.79. The van der Waals surface area contributed by atoms with Crippen LogP contribution >= 0.6 is 0 Å². The second-order valence-electron chi connectivity index (χ2n) is 14.2. The van der Waals surface area contributed by atoms with Crippen molar-refractivity contribution in [1.82, 2.24) is 9.97 Å². The Morgan fingerprint density at radius 2 is 0.964 bits per heavy atom. The molecule has 0 spiro atoms. The number of benzene rings is 4. The quantitative estimate of drug-likeness (QED) is 0.170. The SMILES string of the molecule is Cc1cc(-c2c(C)ccc3c2oc2ncccc23)[n+](C)cc1-c1ccccc1.Cc1ccc2c(oc3ncccc32)c1-c1ccc(-c2ccccc2)c[n+]1C. The lowest BCUT2D eigenvalue weighted by Crippen LogP contribution is -2.31. The van der Waals surface area contributed by atoms with Crippen LogP contribution in [0.4, 0.5) is 0 Å². The predicted molar refractivity (Wildman–Crippen MR) is 221 cm³/mol. The third kappa shape index (κ3) is 6.02. The molecule has 10 rings (SSSR count). The third-order valence-corrected chi connectivity index (χ3v) is 10.6. The molecular formula is C49H40N4O2+2. The van der Waals surface area contributed by atoms with E-state index in [-0.39, 0.29) is 0 Å². The van der Waals surface area contributed by atoms with Crippen molar-refractivity contribution in [2.75, 3.05) is 0 Å². The topological polar surface area (TPSA) is 59.8 Å². The highest BCUT2D eigenvalue weighted by Crippen LogP contribution is 2.38. The van der Waals surface area contributed by atoms with E-state index in [2.05, 4.69) is 169 Å². The van der Waals surface area contributed by atoms with Gasteiger partial charge in [0, 0.05) is 57.2 Å². The lowest BCUT2D eigenvalue weighted by molar-refractivity contribution is -0.660. The number of aryl methyl sites for hydroxylation is 5. The van der Waals surface area contributed by atoms with Crippen LogP contribution in [0.1, 0.15) is 16.7 Å².